The van der Waals surface area contributed by atoms with Crippen LogP contribution in [0.15, 0.2) is 33.2 Å². The highest BCUT2D eigenvalue weighted by Crippen LogP contribution is 2.27. The fraction of sp³-hybridized carbons (Fsp3) is 0.182. The molecule has 6 heteroatoms. The summed E-state index contributed by atoms with van der Waals surface area (Å²) in [5, 5.41) is 1.15. The molecule has 0 aliphatic carbocycles. The van der Waals surface area contributed by atoms with E-state index < -0.39 is 0 Å². The summed E-state index contributed by atoms with van der Waals surface area (Å²) in [5.74, 6) is 0. The van der Waals surface area contributed by atoms with Crippen molar-refractivity contribution in [1.29, 1.82) is 0 Å². The largest absolute Gasteiger partial charge is 0.397 e. The van der Waals surface area contributed by atoms with Crippen LogP contribution < -0.4 is 11.3 Å². The standard InChI is InChI=1S/C11H12N4OS/c1-6-3-4-8(12)10(13-6)17-11-14-7(2)5-9(16)15-11/h3-5H,12H2,1-2H3,(H,14,15,16). The van der Waals surface area contributed by atoms with E-state index in [9.17, 15) is 4.79 Å². The first-order valence-corrected chi connectivity index (χ1v) is 5.85. The van der Waals surface area contributed by atoms with E-state index in [1.165, 1.54) is 17.8 Å². The lowest BCUT2D eigenvalue weighted by molar-refractivity contribution is 0.901. The monoisotopic (exact) mass is 248 g/mol. The molecular weight excluding hydrogens is 236 g/mol. The van der Waals surface area contributed by atoms with Crippen LogP contribution in [-0.4, -0.2) is 15.0 Å². The second kappa shape index (κ2) is 4.58. The summed E-state index contributed by atoms with van der Waals surface area (Å²) in [5.41, 5.74) is 7.75. The number of nitrogens with one attached hydrogen (secondary N) is 1. The molecule has 2 rings (SSSR count). The fourth-order valence-electron chi connectivity index (χ4n) is 1.32. The zero-order valence-corrected chi connectivity index (χ0v) is 10.3. The normalized spacial score (nSPS) is 10.5. The topological polar surface area (TPSA) is 84.7 Å². The second-order valence-electron chi connectivity index (χ2n) is 3.64. The highest BCUT2D eigenvalue weighted by molar-refractivity contribution is 7.99. The molecule has 0 unspecified atom stereocenters. The van der Waals surface area contributed by atoms with Crippen LogP contribution in [0.25, 0.3) is 0 Å². The van der Waals surface area contributed by atoms with E-state index in [1.807, 2.05) is 13.0 Å². The number of aromatic amines is 1. The molecule has 0 aromatic carbocycles. The van der Waals surface area contributed by atoms with Crippen molar-refractivity contribution < 1.29 is 0 Å². The van der Waals surface area contributed by atoms with Gasteiger partial charge >= 0.3 is 0 Å². The minimum absolute atomic E-state index is 0.175. The van der Waals surface area contributed by atoms with E-state index in [0.29, 0.717) is 21.6 Å². The molecule has 2 heterocycles. The number of pyridine rings is 1. The number of hydrogen-bond acceptors (Lipinski definition) is 5. The number of H-pyrrole nitrogens is 1. The molecule has 2 aromatic heterocycles. The first-order valence-electron chi connectivity index (χ1n) is 5.03. The van der Waals surface area contributed by atoms with Crippen LogP contribution >= 0.6 is 11.8 Å². The maximum Gasteiger partial charge on any atom is 0.251 e. The van der Waals surface area contributed by atoms with Gasteiger partial charge in [-0.1, -0.05) is 0 Å². The first kappa shape index (κ1) is 11.7. The van der Waals surface area contributed by atoms with E-state index in [-0.39, 0.29) is 5.56 Å². The van der Waals surface area contributed by atoms with Gasteiger partial charge < -0.3 is 10.7 Å². The third-order valence-electron chi connectivity index (χ3n) is 2.07. The molecule has 0 saturated heterocycles. The van der Waals surface area contributed by atoms with Crippen LogP contribution in [0.1, 0.15) is 11.4 Å². The molecular formula is C11H12N4OS. The summed E-state index contributed by atoms with van der Waals surface area (Å²) in [6, 6.07) is 5.07. The van der Waals surface area contributed by atoms with E-state index in [2.05, 4.69) is 15.0 Å². The average Bonchev–Trinajstić information content (AvgIpc) is 2.22. The molecule has 0 fully saturated rings. The van der Waals surface area contributed by atoms with Crippen molar-refractivity contribution in [3.63, 3.8) is 0 Å². The minimum Gasteiger partial charge on any atom is -0.397 e. The number of aryl methyl sites for hydroxylation is 2. The summed E-state index contributed by atoms with van der Waals surface area (Å²) in [4.78, 5) is 22.5. The molecule has 88 valence electrons. The molecule has 5 nitrogen and oxygen atoms in total. The summed E-state index contributed by atoms with van der Waals surface area (Å²) >= 11 is 1.25. The van der Waals surface area contributed by atoms with Gasteiger partial charge in [0, 0.05) is 17.5 Å². The molecule has 17 heavy (non-hydrogen) atoms. The Labute approximate surface area is 103 Å². The Morgan fingerprint density at radius 1 is 1.24 bits per heavy atom. The Morgan fingerprint density at radius 3 is 2.71 bits per heavy atom. The van der Waals surface area contributed by atoms with Crippen molar-refractivity contribution in [2.24, 2.45) is 0 Å². The Bertz CT molecular complexity index is 609. The van der Waals surface area contributed by atoms with E-state index >= 15 is 0 Å². The van der Waals surface area contributed by atoms with Gasteiger partial charge in [0.25, 0.3) is 5.56 Å². The lowest BCUT2D eigenvalue weighted by Crippen LogP contribution is -2.08. The number of aromatic nitrogens is 3. The molecule has 0 aliphatic heterocycles. The molecule has 3 N–H and O–H groups in total. The summed E-state index contributed by atoms with van der Waals surface area (Å²) < 4.78 is 0. The predicted molar refractivity (Wildman–Crippen MR) is 67.1 cm³/mol. The van der Waals surface area contributed by atoms with Crippen LogP contribution in [0.2, 0.25) is 0 Å². The highest BCUT2D eigenvalue weighted by atomic mass is 32.2. The number of anilines is 1. The summed E-state index contributed by atoms with van der Waals surface area (Å²) in [6.07, 6.45) is 0. The zero-order valence-electron chi connectivity index (χ0n) is 9.52. The average molecular weight is 248 g/mol. The molecule has 2 aromatic rings. The van der Waals surface area contributed by atoms with Crippen molar-refractivity contribution in [2.45, 2.75) is 24.0 Å². The molecule has 0 atom stereocenters. The Kier molecular flexibility index (Phi) is 3.14. The molecule has 0 radical (unpaired) electrons. The molecule has 0 amide bonds. The summed E-state index contributed by atoms with van der Waals surface area (Å²) in [6.45, 7) is 3.66. The van der Waals surface area contributed by atoms with Gasteiger partial charge in [0.2, 0.25) is 0 Å². The maximum atomic E-state index is 11.3. The third kappa shape index (κ3) is 2.85. The van der Waals surface area contributed by atoms with Crippen LogP contribution in [0.3, 0.4) is 0 Å². The van der Waals surface area contributed by atoms with Crippen LogP contribution in [0, 0.1) is 13.8 Å². The van der Waals surface area contributed by atoms with Gasteiger partial charge in [-0.3, -0.25) is 4.79 Å². The predicted octanol–water partition coefficient (Wildman–Crippen LogP) is 1.52. The quantitative estimate of drug-likeness (QED) is 0.787. The Balaban J connectivity index is 2.37. The van der Waals surface area contributed by atoms with Crippen LogP contribution in [-0.2, 0) is 0 Å². The zero-order chi connectivity index (χ0) is 12.4. The highest BCUT2D eigenvalue weighted by Gasteiger charge is 2.06. The van der Waals surface area contributed by atoms with Crippen LogP contribution in [0.5, 0.6) is 0 Å². The van der Waals surface area contributed by atoms with Gasteiger partial charge in [0.1, 0.15) is 5.03 Å². The van der Waals surface area contributed by atoms with Crippen molar-refractivity contribution >= 4 is 17.4 Å². The number of nitrogen functional groups attached to an aromatic ring is 1. The van der Waals surface area contributed by atoms with Crippen LogP contribution in [0.4, 0.5) is 5.69 Å². The lowest BCUT2D eigenvalue weighted by atomic mass is 10.3. The Morgan fingerprint density at radius 2 is 2.00 bits per heavy atom. The van der Waals surface area contributed by atoms with Crippen molar-refractivity contribution in [3.8, 4) is 0 Å². The second-order valence-corrected chi connectivity index (χ2v) is 4.62. The third-order valence-corrected chi connectivity index (χ3v) is 2.98. The molecule has 0 saturated carbocycles. The summed E-state index contributed by atoms with van der Waals surface area (Å²) in [7, 11) is 0. The van der Waals surface area contributed by atoms with Crippen molar-refractivity contribution in [2.75, 3.05) is 5.73 Å². The van der Waals surface area contributed by atoms with E-state index in [4.69, 9.17) is 5.73 Å². The van der Waals surface area contributed by atoms with Crippen molar-refractivity contribution in [1.82, 2.24) is 15.0 Å². The minimum atomic E-state index is -0.175. The van der Waals surface area contributed by atoms with Gasteiger partial charge in [0.15, 0.2) is 5.16 Å². The van der Waals surface area contributed by atoms with E-state index in [0.717, 1.165) is 5.69 Å². The van der Waals surface area contributed by atoms with Crippen molar-refractivity contribution in [3.05, 3.63) is 39.9 Å². The number of nitrogens with two attached hydrogens (primary N) is 1. The van der Waals surface area contributed by atoms with Gasteiger partial charge in [-0.25, -0.2) is 9.97 Å². The van der Waals surface area contributed by atoms with Gasteiger partial charge in [-0.15, -0.1) is 0 Å². The molecule has 0 aliphatic rings. The Hall–Kier alpha value is -1.82. The molecule has 0 spiro atoms. The smallest absolute Gasteiger partial charge is 0.251 e. The maximum absolute atomic E-state index is 11.3. The number of hydrogen-bond donors (Lipinski definition) is 2. The number of rotatable bonds is 2. The van der Waals surface area contributed by atoms with Gasteiger partial charge in [0.05, 0.1) is 5.69 Å². The first-order chi connectivity index (χ1) is 8.04. The lowest BCUT2D eigenvalue weighted by Gasteiger charge is -2.04. The molecule has 0 bridgehead atoms. The fourth-order valence-corrected chi connectivity index (χ4v) is 2.22. The van der Waals surface area contributed by atoms with Gasteiger partial charge in [-0.05, 0) is 37.7 Å². The number of nitrogens with zero attached hydrogens (tertiary/aromatic N) is 2. The van der Waals surface area contributed by atoms with Gasteiger partial charge in [-0.2, -0.15) is 0 Å². The SMILES string of the molecule is Cc1cc(=O)[nH]c(Sc2nc(C)ccc2N)n1. The van der Waals surface area contributed by atoms with E-state index in [1.54, 1.807) is 13.0 Å².